The lowest BCUT2D eigenvalue weighted by Gasteiger charge is -2.24. The summed E-state index contributed by atoms with van der Waals surface area (Å²) in [6, 6.07) is 11.3. The van der Waals surface area contributed by atoms with Crippen LogP contribution in [0.4, 0.5) is 5.69 Å². The van der Waals surface area contributed by atoms with Crippen molar-refractivity contribution in [1.29, 1.82) is 0 Å². The molecule has 0 N–H and O–H groups in total. The van der Waals surface area contributed by atoms with Gasteiger partial charge < -0.3 is 9.42 Å². The highest BCUT2D eigenvalue weighted by atomic mass is 16.5. The Bertz CT molecular complexity index is 551. The van der Waals surface area contributed by atoms with E-state index in [4.69, 9.17) is 4.52 Å². The van der Waals surface area contributed by atoms with E-state index in [1.165, 1.54) is 24.1 Å². The van der Waals surface area contributed by atoms with E-state index in [0.29, 0.717) is 6.04 Å². The standard InChI is InChI=1S/C16H21N3O/c1-18(2)14-6-3-5-13(11-14)16-7-4-10-19(16)12-15-8-9-17-20-15/h3,5-6,8-9,11,16H,4,7,10,12H2,1-2H3/t16-/m1/s1. The van der Waals surface area contributed by atoms with E-state index in [2.05, 4.69) is 53.3 Å². The highest BCUT2D eigenvalue weighted by Gasteiger charge is 2.26. The Kier molecular flexibility index (Phi) is 3.74. The van der Waals surface area contributed by atoms with E-state index in [9.17, 15) is 0 Å². The summed E-state index contributed by atoms with van der Waals surface area (Å²) in [5.41, 5.74) is 2.65. The SMILES string of the molecule is CN(C)c1cccc([C@H]2CCCN2Cc2ccno2)c1. The third-order valence-corrected chi connectivity index (χ3v) is 3.99. The fourth-order valence-electron chi connectivity index (χ4n) is 2.93. The number of aromatic nitrogens is 1. The Morgan fingerprint density at radius 2 is 2.25 bits per heavy atom. The topological polar surface area (TPSA) is 32.5 Å². The second-order valence-electron chi connectivity index (χ2n) is 5.60. The number of nitrogens with zero attached hydrogens (tertiary/aromatic N) is 3. The van der Waals surface area contributed by atoms with Crippen molar-refractivity contribution in [3.05, 3.63) is 47.9 Å². The van der Waals surface area contributed by atoms with Crippen LogP contribution in [0.25, 0.3) is 0 Å². The van der Waals surface area contributed by atoms with Crippen LogP contribution in [0.1, 0.15) is 30.2 Å². The number of hydrogen-bond donors (Lipinski definition) is 0. The first-order valence-corrected chi connectivity index (χ1v) is 7.15. The molecule has 0 spiro atoms. The van der Waals surface area contributed by atoms with Crippen molar-refractivity contribution in [2.75, 3.05) is 25.5 Å². The molecule has 1 aromatic heterocycles. The Morgan fingerprint density at radius 1 is 1.35 bits per heavy atom. The second-order valence-corrected chi connectivity index (χ2v) is 5.60. The van der Waals surface area contributed by atoms with Crippen LogP contribution in [0.5, 0.6) is 0 Å². The predicted octanol–water partition coefficient (Wildman–Crippen LogP) is 3.08. The van der Waals surface area contributed by atoms with Crippen molar-refractivity contribution in [2.24, 2.45) is 0 Å². The van der Waals surface area contributed by atoms with Gasteiger partial charge in [0.05, 0.1) is 12.7 Å². The Labute approximate surface area is 120 Å². The van der Waals surface area contributed by atoms with Crippen molar-refractivity contribution in [3.8, 4) is 0 Å². The Hall–Kier alpha value is -1.81. The summed E-state index contributed by atoms with van der Waals surface area (Å²) in [6.45, 7) is 1.97. The summed E-state index contributed by atoms with van der Waals surface area (Å²) in [6.07, 6.45) is 4.17. The van der Waals surface area contributed by atoms with Crippen LogP contribution in [0, 0.1) is 0 Å². The molecule has 1 aromatic carbocycles. The van der Waals surface area contributed by atoms with Gasteiger partial charge in [-0.15, -0.1) is 0 Å². The molecular formula is C16H21N3O. The normalized spacial score (nSPS) is 19.4. The van der Waals surface area contributed by atoms with Gasteiger partial charge in [0.25, 0.3) is 0 Å². The van der Waals surface area contributed by atoms with Crippen molar-refractivity contribution < 1.29 is 4.52 Å². The van der Waals surface area contributed by atoms with Crippen LogP contribution >= 0.6 is 0 Å². The predicted molar refractivity (Wildman–Crippen MR) is 79.7 cm³/mol. The molecular weight excluding hydrogens is 250 g/mol. The molecule has 4 nitrogen and oxygen atoms in total. The van der Waals surface area contributed by atoms with Gasteiger partial charge in [0.15, 0.2) is 5.76 Å². The Balaban J connectivity index is 1.79. The van der Waals surface area contributed by atoms with Gasteiger partial charge in [-0.3, -0.25) is 4.90 Å². The summed E-state index contributed by atoms with van der Waals surface area (Å²) < 4.78 is 5.24. The summed E-state index contributed by atoms with van der Waals surface area (Å²) in [5, 5.41) is 3.79. The van der Waals surface area contributed by atoms with Gasteiger partial charge in [0.1, 0.15) is 0 Å². The van der Waals surface area contributed by atoms with Crippen LogP contribution in [-0.2, 0) is 6.54 Å². The molecule has 0 unspecified atom stereocenters. The molecule has 1 aliphatic rings. The molecule has 0 bridgehead atoms. The van der Waals surface area contributed by atoms with E-state index >= 15 is 0 Å². The lowest BCUT2D eigenvalue weighted by Crippen LogP contribution is -2.22. The zero-order chi connectivity index (χ0) is 13.9. The fraction of sp³-hybridized carbons (Fsp3) is 0.438. The molecule has 1 atom stereocenters. The zero-order valence-electron chi connectivity index (χ0n) is 12.1. The number of hydrogen-bond acceptors (Lipinski definition) is 4. The number of anilines is 1. The van der Waals surface area contributed by atoms with Gasteiger partial charge in [0.2, 0.25) is 0 Å². The molecule has 106 valence electrons. The van der Waals surface area contributed by atoms with Gasteiger partial charge in [-0.25, -0.2) is 0 Å². The molecule has 1 fully saturated rings. The summed E-state index contributed by atoms with van der Waals surface area (Å²) in [5.74, 6) is 0.945. The number of rotatable bonds is 4. The van der Waals surface area contributed by atoms with Crippen LogP contribution < -0.4 is 4.90 Å². The molecule has 3 rings (SSSR count). The van der Waals surface area contributed by atoms with Gasteiger partial charge in [0, 0.05) is 31.9 Å². The summed E-state index contributed by atoms with van der Waals surface area (Å²) >= 11 is 0. The molecule has 4 heteroatoms. The fourth-order valence-corrected chi connectivity index (χ4v) is 2.93. The molecule has 1 aliphatic heterocycles. The maximum absolute atomic E-state index is 5.24. The van der Waals surface area contributed by atoms with Crippen molar-refractivity contribution in [1.82, 2.24) is 10.1 Å². The van der Waals surface area contributed by atoms with E-state index in [1.807, 2.05) is 6.07 Å². The smallest absolute Gasteiger partial charge is 0.150 e. The lowest BCUT2D eigenvalue weighted by atomic mass is 10.0. The molecule has 20 heavy (non-hydrogen) atoms. The summed E-state index contributed by atoms with van der Waals surface area (Å²) in [4.78, 5) is 4.63. The second kappa shape index (κ2) is 5.67. The summed E-state index contributed by atoms with van der Waals surface area (Å²) in [7, 11) is 4.17. The minimum Gasteiger partial charge on any atom is -0.378 e. The minimum atomic E-state index is 0.486. The highest BCUT2D eigenvalue weighted by Crippen LogP contribution is 2.34. The third-order valence-electron chi connectivity index (χ3n) is 3.99. The number of benzene rings is 1. The van der Waals surface area contributed by atoms with E-state index < -0.39 is 0 Å². The Morgan fingerprint density at radius 3 is 3.00 bits per heavy atom. The van der Waals surface area contributed by atoms with Crippen molar-refractivity contribution in [3.63, 3.8) is 0 Å². The van der Waals surface area contributed by atoms with E-state index in [1.54, 1.807) is 6.20 Å². The van der Waals surface area contributed by atoms with Crippen molar-refractivity contribution in [2.45, 2.75) is 25.4 Å². The average molecular weight is 271 g/mol. The molecule has 2 heterocycles. The maximum Gasteiger partial charge on any atom is 0.150 e. The van der Waals surface area contributed by atoms with Gasteiger partial charge in [-0.1, -0.05) is 17.3 Å². The molecule has 0 saturated carbocycles. The first-order valence-electron chi connectivity index (χ1n) is 7.15. The number of likely N-dealkylation sites (tertiary alicyclic amines) is 1. The molecule has 0 amide bonds. The largest absolute Gasteiger partial charge is 0.378 e. The van der Waals surface area contributed by atoms with Crippen LogP contribution in [-0.4, -0.2) is 30.7 Å². The highest BCUT2D eigenvalue weighted by molar-refractivity contribution is 5.48. The van der Waals surface area contributed by atoms with Crippen LogP contribution in [0.15, 0.2) is 41.1 Å². The first kappa shape index (κ1) is 13.2. The average Bonchev–Trinajstić information content (AvgIpc) is 3.11. The quantitative estimate of drug-likeness (QED) is 0.855. The monoisotopic (exact) mass is 271 g/mol. The van der Waals surface area contributed by atoms with Crippen molar-refractivity contribution >= 4 is 5.69 Å². The zero-order valence-corrected chi connectivity index (χ0v) is 12.1. The van der Waals surface area contributed by atoms with Gasteiger partial charge in [-0.05, 0) is 37.1 Å². The van der Waals surface area contributed by atoms with Gasteiger partial charge >= 0.3 is 0 Å². The minimum absolute atomic E-state index is 0.486. The molecule has 2 aromatic rings. The van der Waals surface area contributed by atoms with Crippen LogP contribution in [0.3, 0.4) is 0 Å². The van der Waals surface area contributed by atoms with E-state index in [0.717, 1.165) is 18.8 Å². The maximum atomic E-state index is 5.24. The van der Waals surface area contributed by atoms with E-state index in [-0.39, 0.29) is 0 Å². The molecule has 0 radical (unpaired) electrons. The first-order chi connectivity index (χ1) is 9.74. The van der Waals surface area contributed by atoms with Gasteiger partial charge in [-0.2, -0.15) is 0 Å². The molecule has 0 aliphatic carbocycles. The third kappa shape index (κ3) is 2.70. The lowest BCUT2D eigenvalue weighted by molar-refractivity contribution is 0.217. The molecule has 1 saturated heterocycles. The van der Waals surface area contributed by atoms with Crippen LogP contribution in [0.2, 0.25) is 0 Å².